The summed E-state index contributed by atoms with van der Waals surface area (Å²) in [6.07, 6.45) is 7.51. The lowest BCUT2D eigenvalue weighted by molar-refractivity contribution is -0.127. The van der Waals surface area contributed by atoms with Gasteiger partial charge in [-0.2, -0.15) is 0 Å². The average molecular weight is 295 g/mol. The number of imidazole rings is 1. The van der Waals surface area contributed by atoms with Gasteiger partial charge < -0.3 is 9.88 Å². The summed E-state index contributed by atoms with van der Waals surface area (Å²) in [5, 5.41) is 0. The number of likely N-dealkylation sites (tertiary alicyclic amines) is 1. The first kappa shape index (κ1) is 14.6. The Morgan fingerprint density at radius 2 is 2.18 bits per heavy atom. The minimum Gasteiger partial charge on any atom is -0.346 e. The molecule has 3 rings (SSSR count). The number of carbonyl (C=O) groups is 1. The fourth-order valence-corrected chi connectivity index (χ4v) is 2.88. The van der Waals surface area contributed by atoms with Crippen LogP contribution in [0.3, 0.4) is 0 Å². The maximum Gasteiger partial charge on any atom is 0.246 e. The number of H-pyrrole nitrogens is 1. The molecule has 2 heterocycles. The van der Waals surface area contributed by atoms with Gasteiger partial charge in [0.1, 0.15) is 5.82 Å². The number of carbonyl (C=O) groups excluding carboxylic acids is 1. The lowest BCUT2D eigenvalue weighted by Gasteiger charge is -2.31. The van der Waals surface area contributed by atoms with E-state index in [4.69, 9.17) is 0 Å². The molecule has 1 atom stereocenters. The molecule has 0 radical (unpaired) electrons. The molecule has 0 aliphatic carbocycles. The maximum atomic E-state index is 12.4. The Morgan fingerprint density at radius 1 is 1.36 bits per heavy atom. The molecule has 0 bridgehead atoms. The van der Waals surface area contributed by atoms with Gasteiger partial charge >= 0.3 is 0 Å². The van der Waals surface area contributed by atoms with Crippen molar-refractivity contribution in [3.63, 3.8) is 0 Å². The number of hydrogen-bond donors (Lipinski definition) is 1. The monoisotopic (exact) mass is 295 g/mol. The van der Waals surface area contributed by atoms with E-state index in [1.165, 1.54) is 0 Å². The zero-order valence-corrected chi connectivity index (χ0v) is 12.8. The molecule has 1 N–H and O–H groups in total. The third-order valence-corrected chi connectivity index (χ3v) is 4.06. The van der Waals surface area contributed by atoms with Crippen LogP contribution in [-0.2, 0) is 4.79 Å². The molecule has 1 aliphatic heterocycles. The van der Waals surface area contributed by atoms with E-state index < -0.39 is 0 Å². The SMILES string of the molecule is Cc1cnc([C@H]2CCCN(C(=O)/C=C/c3ccccc3)C2)[nH]1. The van der Waals surface area contributed by atoms with Crippen LogP contribution < -0.4 is 0 Å². The molecule has 1 aliphatic rings. The highest BCUT2D eigenvalue weighted by Gasteiger charge is 2.25. The van der Waals surface area contributed by atoms with Crippen molar-refractivity contribution in [3.05, 3.63) is 59.7 Å². The Balaban J connectivity index is 1.64. The van der Waals surface area contributed by atoms with Crippen molar-refractivity contribution in [2.45, 2.75) is 25.7 Å². The van der Waals surface area contributed by atoms with E-state index in [0.717, 1.165) is 43.0 Å². The second-order valence-electron chi connectivity index (χ2n) is 5.82. The summed E-state index contributed by atoms with van der Waals surface area (Å²) in [5.41, 5.74) is 2.12. The molecule has 1 amide bonds. The van der Waals surface area contributed by atoms with Gasteiger partial charge in [-0.05, 0) is 31.4 Å². The normalized spacial score (nSPS) is 18.8. The molecule has 4 heteroatoms. The number of nitrogens with one attached hydrogen (secondary N) is 1. The maximum absolute atomic E-state index is 12.4. The Kier molecular flexibility index (Phi) is 4.37. The van der Waals surface area contributed by atoms with Gasteiger partial charge in [-0.3, -0.25) is 4.79 Å². The highest BCUT2D eigenvalue weighted by molar-refractivity contribution is 5.91. The van der Waals surface area contributed by atoms with Crippen LogP contribution in [0.2, 0.25) is 0 Å². The number of hydrogen-bond acceptors (Lipinski definition) is 2. The van der Waals surface area contributed by atoms with Crippen molar-refractivity contribution in [3.8, 4) is 0 Å². The van der Waals surface area contributed by atoms with Crippen LogP contribution in [0.25, 0.3) is 6.08 Å². The molecule has 1 aromatic heterocycles. The number of amides is 1. The topological polar surface area (TPSA) is 49.0 Å². The van der Waals surface area contributed by atoms with Crippen molar-refractivity contribution in [2.24, 2.45) is 0 Å². The molecular weight excluding hydrogens is 274 g/mol. The third-order valence-electron chi connectivity index (χ3n) is 4.06. The van der Waals surface area contributed by atoms with E-state index in [-0.39, 0.29) is 5.91 Å². The minimum absolute atomic E-state index is 0.0804. The second-order valence-corrected chi connectivity index (χ2v) is 5.82. The zero-order chi connectivity index (χ0) is 15.4. The Labute approximate surface area is 130 Å². The predicted octanol–water partition coefficient (Wildman–Crippen LogP) is 3.14. The van der Waals surface area contributed by atoms with Crippen LogP contribution in [0.5, 0.6) is 0 Å². The summed E-state index contributed by atoms with van der Waals surface area (Å²) >= 11 is 0. The molecule has 0 spiro atoms. The molecule has 22 heavy (non-hydrogen) atoms. The van der Waals surface area contributed by atoms with Crippen LogP contribution in [0.15, 0.2) is 42.6 Å². The average Bonchev–Trinajstić information content (AvgIpc) is 3.00. The number of nitrogens with zero attached hydrogens (tertiary/aromatic N) is 2. The van der Waals surface area contributed by atoms with Crippen LogP contribution in [-0.4, -0.2) is 33.9 Å². The number of piperidine rings is 1. The first-order valence-electron chi connectivity index (χ1n) is 7.76. The zero-order valence-electron chi connectivity index (χ0n) is 12.8. The summed E-state index contributed by atoms with van der Waals surface area (Å²) in [6, 6.07) is 9.91. The lowest BCUT2D eigenvalue weighted by Crippen LogP contribution is -2.38. The van der Waals surface area contributed by atoms with Crippen molar-refractivity contribution >= 4 is 12.0 Å². The van der Waals surface area contributed by atoms with Crippen LogP contribution in [0.4, 0.5) is 0 Å². The van der Waals surface area contributed by atoms with Gasteiger partial charge in [0.15, 0.2) is 0 Å². The van der Waals surface area contributed by atoms with Gasteiger partial charge in [0.25, 0.3) is 0 Å². The molecule has 1 fully saturated rings. The van der Waals surface area contributed by atoms with E-state index >= 15 is 0 Å². The molecule has 0 saturated carbocycles. The number of benzene rings is 1. The van der Waals surface area contributed by atoms with Crippen molar-refractivity contribution < 1.29 is 4.79 Å². The molecule has 1 aromatic carbocycles. The highest BCUT2D eigenvalue weighted by Crippen LogP contribution is 2.25. The van der Waals surface area contributed by atoms with Crippen molar-refractivity contribution in [2.75, 3.05) is 13.1 Å². The fourth-order valence-electron chi connectivity index (χ4n) is 2.88. The first-order chi connectivity index (χ1) is 10.7. The lowest BCUT2D eigenvalue weighted by atomic mass is 9.97. The molecule has 114 valence electrons. The number of aryl methyl sites for hydroxylation is 1. The van der Waals surface area contributed by atoms with Gasteiger partial charge in [0.05, 0.1) is 0 Å². The third kappa shape index (κ3) is 3.45. The Morgan fingerprint density at radius 3 is 2.91 bits per heavy atom. The van der Waals surface area contributed by atoms with Gasteiger partial charge in [-0.25, -0.2) is 4.98 Å². The Bertz CT molecular complexity index is 660. The first-order valence-corrected chi connectivity index (χ1v) is 7.76. The molecular formula is C18H21N3O. The van der Waals surface area contributed by atoms with Crippen LogP contribution in [0.1, 0.15) is 35.8 Å². The number of rotatable bonds is 3. The van der Waals surface area contributed by atoms with Crippen LogP contribution in [0, 0.1) is 6.92 Å². The molecule has 2 aromatic rings. The predicted molar refractivity (Wildman–Crippen MR) is 87.4 cm³/mol. The summed E-state index contributed by atoms with van der Waals surface area (Å²) < 4.78 is 0. The highest BCUT2D eigenvalue weighted by atomic mass is 16.2. The standard InChI is InChI=1S/C18H21N3O/c1-14-12-19-18(20-14)16-8-5-11-21(13-16)17(22)10-9-15-6-3-2-4-7-15/h2-4,6-7,9-10,12,16H,5,8,11,13H2,1H3,(H,19,20)/b10-9+/t16-/m0/s1. The summed E-state index contributed by atoms with van der Waals surface area (Å²) in [6.45, 7) is 3.57. The largest absolute Gasteiger partial charge is 0.346 e. The quantitative estimate of drug-likeness (QED) is 0.884. The molecule has 4 nitrogen and oxygen atoms in total. The summed E-state index contributed by atoms with van der Waals surface area (Å²) in [4.78, 5) is 22.0. The Hall–Kier alpha value is -2.36. The van der Waals surface area contributed by atoms with E-state index in [0.29, 0.717) is 5.92 Å². The number of aromatic amines is 1. The van der Waals surface area contributed by atoms with Gasteiger partial charge in [-0.15, -0.1) is 0 Å². The second kappa shape index (κ2) is 6.60. The van der Waals surface area contributed by atoms with Crippen molar-refractivity contribution in [1.82, 2.24) is 14.9 Å². The van der Waals surface area contributed by atoms with Gasteiger partial charge in [0, 0.05) is 37.0 Å². The van der Waals surface area contributed by atoms with E-state index in [1.54, 1.807) is 6.08 Å². The fraction of sp³-hybridized carbons (Fsp3) is 0.333. The summed E-state index contributed by atoms with van der Waals surface area (Å²) in [5.74, 6) is 1.40. The smallest absolute Gasteiger partial charge is 0.246 e. The van der Waals surface area contributed by atoms with Crippen molar-refractivity contribution in [1.29, 1.82) is 0 Å². The van der Waals surface area contributed by atoms with E-state index in [1.807, 2.05) is 54.4 Å². The van der Waals surface area contributed by atoms with E-state index in [2.05, 4.69) is 9.97 Å². The molecule has 0 unspecified atom stereocenters. The van der Waals surface area contributed by atoms with Gasteiger partial charge in [-0.1, -0.05) is 30.3 Å². The number of aromatic nitrogens is 2. The van der Waals surface area contributed by atoms with E-state index in [9.17, 15) is 4.79 Å². The minimum atomic E-state index is 0.0804. The van der Waals surface area contributed by atoms with Crippen LogP contribution >= 0.6 is 0 Å². The summed E-state index contributed by atoms with van der Waals surface area (Å²) in [7, 11) is 0. The van der Waals surface area contributed by atoms with Gasteiger partial charge in [0.2, 0.25) is 5.91 Å². The molecule has 1 saturated heterocycles.